The van der Waals surface area contributed by atoms with Gasteiger partial charge in [-0.2, -0.15) is 0 Å². The van der Waals surface area contributed by atoms with Crippen LogP contribution in [0.25, 0.3) is 0 Å². The summed E-state index contributed by atoms with van der Waals surface area (Å²) in [4.78, 5) is 49.4. The number of likely N-dealkylation sites (N-methyl/N-ethyl adjacent to an activating group) is 1. The molecule has 23 heavy (non-hydrogen) atoms. The highest BCUT2D eigenvalue weighted by molar-refractivity contribution is 6.29. The summed E-state index contributed by atoms with van der Waals surface area (Å²) >= 11 is 0. The number of ether oxygens (including phenoxy) is 1. The van der Waals surface area contributed by atoms with Gasteiger partial charge in [-0.05, 0) is 13.8 Å². The number of Topliss-reactive ketones (excluding diaryl/α,β-unsaturated/α-hetero) is 1. The van der Waals surface area contributed by atoms with Crippen LogP contribution in [-0.2, 0) is 14.3 Å². The molecule has 2 rings (SSSR count). The summed E-state index contributed by atoms with van der Waals surface area (Å²) in [5, 5.41) is 2.25. The lowest BCUT2D eigenvalue weighted by molar-refractivity contribution is -0.142. The third-order valence-corrected chi connectivity index (χ3v) is 3.11. The van der Waals surface area contributed by atoms with Gasteiger partial charge >= 0.3 is 12.0 Å². The molecule has 120 valence electrons. The van der Waals surface area contributed by atoms with E-state index < -0.39 is 35.4 Å². The Morgan fingerprint density at radius 2 is 1.74 bits per heavy atom. The number of urea groups is 1. The molecule has 3 amide bonds. The monoisotopic (exact) mass is 316 g/mol. The molecule has 7 heteroatoms. The highest BCUT2D eigenvalue weighted by Gasteiger charge is 2.38. The van der Waals surface area contributed by atoms with Gasteiger partial charge in [0.2, 0.25) is 5.78 Å². The predicted molar refractivity (Wildman–Crippen MR) is 80.3 cm³/mol. The standard InChI is InChI=1S/C16H16N2O5/c1-9(2)23-15(21)11(12-14(20)18(3)16(22)17-12)13(19)10-7-5-4-6-8-10/h4-9H,1-3H3,(H,17,22). The molecule has 1 aromatic carbocycles. The van der Waals surface area contributed by atoms with Gasteiger partial charge in [0.25, 0.3) is 5.91 Å². The number of nitrogens with zero attached hydrogens (tertiary/aromatic N) is 1. The minimum atomic E-state index is -0.951. The van der Waals surface area contributed by atoms with E-state index in [1.54, 1.807) is 32.0 Å². The van der Waals surface area contributed by atoms with Crippen molar-refractivity contribution in [2.75, 3.05) is 7.05 Å². The first-order valence-electron chi connectivity index (χ1n) is 6.97. The molecule has 0 aliphatic carbocycles. The summed E-state index contributed by atoms with van der Waals surface area (Å²) in [6.45, 7) is 3.24. The number of ketones is 1. The van der Waals surface area contributed by atoms with Crippen molar-refractivity contribution < 1.29 is 23.9 Å². The number of benzene rings is 1. The van der Waals surface area contributed by atoms with Crippen molar-refractivity contribution in [1.82, 2.24) is 10.2 Å². The summed E-state index contributed by atoms with van der Waals surface area (Å²) in [5.74, 6) is -2.39. The van der Waals surface area contributed by atoms with Gasteiger partial charge in [0, 0.05) is 12.6 Å². The zero-order chi connectivity index (χ0) is 17.1. The fraction of sp³-hybridized carbons (Fsp3) is 0.250. The zero-order valence-corrected chi connectivity index (χ0v) is 13.0. The van der Waals surface area contributed by atoms with Crippen molar-refractivity contribution in [3.63, 3.8) is 0 Å². The quantitative estimate of drug-likeness (QED) is 0.225. The summed E-state index contributed by atoms with van der Waals surface area (Å²) in [6, 6.07) is 7.29. The van der Waals surface area contributed by atoms with Gasteiger partial charge in [-0.15, -0.1) is 0 Å². The van der Waals surface area contributed by atoms with Crippen LogP contribution in [0.3, 0.4) is 0 Å². The Morgan fingerprint density at radius 1 is 1.13 bits per heavy atom. The second-order valence-corrected chi connectivity index (χ2v) is 5.19. The molecule has 0 aromatic heterocycles. The van der Waals surface area contributed by atoms with Gasteiger partial charge in [-0.3, -0.25) is 14.5 Å². The van der Waals surface area contributed by atoms with Crippen LogP contribution in [0.5, 0.6) is 0 Å². The van der Waals surface area contributed by atoms with Crippen LogP contribution in [0.2, 0.25) is 0 Å². The molecule has 0 bridgehead atoms. The van der Waals surface area contributed by atoms with E-state index in [9.17, 15) is 19.2 Å². The normalized spacial score (nSPS) is 16.4. The number of esters is 1. The lowest BCUT2D eigenvalue weighted by Gasteiger charge is -2.12. The third-order valence-electron chi connectivity index (χ3n) is 3.11. The second-order valence-electron chi connectivity index (χ2n) is 5.19. The van der Waals surface area contributed by atoms with E-state index in [0.29, 0.717) is 0 Å². The number of rotatable bonds is 4. The number of nitrogens with one attached hydrogen (secondary N) is 1. The summed E-state index contributed by atoms with van der Waals surface area (Å²) in [6.07, 6.45) is -0.480. The number of amides is 3. The Hall–Kier alpha value is -2.96. The Labute approximate surface area is 132 Å². The molecule has 1 aliphatic heterocycles. The first-order chi connectivity index (χ1) is 10.8. The third kappa shape index (κ3) is 3.28. The van der Waals surface area contributed by atoms with Gasteiger partial charge in [0.1, 0.15) is 11.3 Å². The van der Waals surface area contributed by atoms with Crippen molar-refractivity contribution in [2.24, 2.45) is 0 Å². The van der Waals surface area contributed by atoms with Gasteiger partial charge in [-0.1, -0.05) is 30.3 Å². The Bertz CT molecular complexity index is 706. The maximum atomic E-state index is 12.6. The highest BCUT2D eigenvalue weighted by Crippen LogP contribution is 2.19. The Morgan fingerprint density at radius 3 is 2.22 bits per heavy atom. The lowest BCUT2D eigenvalue weighted by Crippen LogP contribution is -2.26. The van der Waals surface area contributed by atoms with E-state index in [2.05, 4.69) is 5.32 Å². The van der Waals surface area contributed by atoms with Gasteiger partial charge in [-0.25, -0.2) is 9.59 Å². The fourth-order valence-electron chi connectivity index (χ4n) is 1.99. The lowest BCUT2D eigenvalue weighted by atomic mass is 10.0. The first-order valence-corrected chi connectivity index (χ1v) is 6.97. The number of hydrogen-bond acceptors (Lipinski definition) is 5. The van der Waals surface area contributed by atoms with E-state index in [1.807, 2.05) is 0 Å². The topological polar surface area (TPSA) is 92.8 Å². The fourth-order valence-corrected chi connectivity index (χ4v) is 1.99. The Balaban J connectivity index is 2.53. The van der Waals surface area contributed by atoms with Crippen LogP contribution < -0.4 is 5.32 Å². The van der Waals surface area contributed by atoms with Crippen LogP contribution in [0, 0.1) is 0 Å². The summed E-state index contributed by atoms with van der Waals surface area (Å²) in [7, 11) is 1.25. The van der Waals surface area contributed by atoms with Crippen molar-refractivity contribution in [2.45, 2.75) is 20.0 Å². The van der Waals surface area contributed by atoms with E-state index >= 15 is 0 Å². The van der Waals surface area contributed by atoms with Crippen LogP contribution in [0.15, 0.2) is 41.6 Å². The molecule has 1 aromatic rings. The summed E-state index contributed by atoms with van der Waals surface area (Å²) < 4.78 is 5.05. The molecular formula is C16H16N2O5. The van der Waals surface area contributed by atoms with Crippen LogP contribution in [0.1, 0.15) is 24.2 Å². The van der Waals surface area contributed by atoms with Gasteiger partial charge in [0.15, 0.2) is 0 Å². The number of carbonyl (C=O) groups excluding carboxylic acids is 4. The molecule has 0 spiro atoms. The molecule has 1 aliphatic rings. The minimum Gasteiger partial charge on any atom is -0.459 e. The molecule has 7 nitrogen and oxygen atoms in total. The van der Waals surface area contributed by atoms with Crippen molar-refractivity contribution >= 4 is 23.7 Å². The average molecular weight is 316 g/mol. The smallest absolute Gasteiger partial charge is 0.344 e. The van der Waals surface area contributed by atoms with E-state index in [0.717, 1.165) is 4.90 Å². The van der Waals surface area contributed by atoms with Crippen LogP contribution in [0.4, 0.5) is 4.79 Å². The maximum absolute atomic E-state index is 12.6. The first kappa shape index (κ1) is 16.4. The molecule has 1 saturated heterocycles. The maximum Gasteiger partial charge on any atom is 0.344 e. The SMILES string of the molecule is CC(C)OC(=O)C(C(=O)c1ccccc1)=C1NC(=O)N(C)C1=O. The highest BCUT2D eigenvalue weighted by atomic mass is 16.5. The molecule has 0 atom stereocenters. The van der Waals surface area contributed by atoms with Gasteiger partial charge < -0.3 is 10.1 Å². The predicted octanol–water partition coefficient (Wildman–Crippen LogP) is 1.26. The van der Waals surface area contributed by atoms with E-state index in [-0.39, 0.29) is 11.3 Å². The molecule has 0 saturated carbocycles. The largest absolute Gasteiger partial charge is 0.459 e. The Kier molecular flexibility index (Phi) is 4.59. The minimum absolute atomic E-state index is 0.215. The molecule has 1 N–H and O–H groups in total. The number of imide groups is 1. The molecule has 0 unspecified atom stereocenters. The average Bonchev–Trinajstić information content (AvgIpc) is 2.75. The zero-order valence-electron chi connectivity index (χ0n) is 13.0. The molecular weight excluding hydrogens is 300 g/mol. The van der Waals surface area contributed by atoms with E-state index in [4.69, 9.17) is 4.74 Å². The van der Waals surface area contributed by atoms with Crippen LogP contribution in [-0.4, -0.2) is 41.7 Å². The molecule has 1 heterocycles. The molecule has 1 fully saturated rings. The van der Waals surface area contributed by atoms with Crippen molar-refractivity contribution in [1.29, 1.82) is 0 Å². The van der Waals surface area contributed by atoms with Crippen molar-refractivity contribution in [3.05, 3.63) is 47.2 Å². The van der Waals surface area contributed by atoms with E-state index in [1.165, 1.54) is 19.2 Å². The van der Waals surface area contributed by atoms with Crippen LogP contribution >= 0.6 is 0 Å². The number of carbonyl (C=O) groups is 4. The van der Waals surface area contributed by atoms with Crippen molar-refractivity contribution in [3.8, 4) is 0 Å². The second kappa shape index (κ2) is 6.43. The summed E-state index contributed by atoms with van der Waals surface area (Å²) in [5.41, 5.74) is -0.628. The molecule has 0 radical (unpaired) electrons. The number of hydrogen-bond donors (Lipinski definition) is 1. The van der Waals surface area contributed by atoms with Gasteiger partial charge in [0.05, 0.1) is 6.10 Å².